The number of hydrogen-bond donors (Lipinski definition) is 0. The summed E-state index contributed by atoms with van der Waals surface area (Å²) in [4.78, 5) is 12.8. The number of hydrogen-bond acceptors (Lipinski definition) is 2. The first-order valence-corrected chi connectivity index (χ1v) is 6.13. The van der Waals surface area contributed by atoms with Crippen LogP contribution in [0.5, 0.6) is 0 Å². The van der Waals surface area contributed by atoms with Gasteiger partial charge in [-0.25, -0.2) is 0 Å². The highest BCUT2D eigenvalue weighted by atomic mass is 35.5. The Balaban J connectivity index is 2.56. The summed E-state index contributed by atoms with van der Waals surface area (Å²) in [5, 5.41) is 0. The van der Waals surface area contributed by atoms with Gasteiger partial charge in [-0.15, -0.1) is 11.3 Å². The minimum atomic E-state index is 0.218. The van der Waals surface area contributed by atoms with Crippen molar-refractivity contribution in [2.24, 2.45) is 5.92 Å². The zero-order valence-corrected chi connectivity index (χ0v) is 10.1. The second-order valence-corrected chi connectivity index (χ2v) is 5.16. The number of carbonyl (C=O) groups excluding carboxylic acids is 1. The van der Waals surface area contributed by atoms with Crippen molar-refractivity contribution in [2.75, 3.05) is 0 Å². The number of halogens is 1. The van der Waals surface area contributed by atoms with Gasteiger partial charge in [0.05, 0.1) is 4.34 Å². The topological polar surface area (TPSA) is 17.1 Å². The lowest BCUT2D eigenvalue weighted by atomic mass is 9.96. The largest absolute Gasteiger partial charge is 0.299 e. The average molecular weight is 231 g/mol. The molecule has 0 radical (unpaired) electrons. The normalized spacial score (nSPS) is 10.9. The molecule has 78 valence electrons. The summed E-state index contributed by atoms with van der Waals surface area (Å²) in [6.45, 7) is 4.13. The summed E-state index contributed by atoms with van der Waals surface area (Å²) >= 11 is 7.30. The summed E-state index contributed by atoms with van der Waals surface area (Å²) in [6.07, 6.45) is 2.42. The second kappa shape index (κ2) is 5.52. The lowest BCUT2D eigenvalue weighted by Crippen LogP contribution is -2.14. The molecule has 0 aromatic carbocycles. The van der Waals surface area contributed by atoms with Crippen LogP contribution in [-0.4, -0.2) is 5.78 Å². The Bertz CT molecular complexity index is 302. The number of Topliss-reactive ketones (excluding diaryl/α,β-unsaturated/α-hetero) is 1. The first kappa shape index (κ1) is 11.7. The van der Waals surface area contributed by atoms with Crippen molar-refractivity contribution in [3.8, 4) is 0 Å². The number of carbonyl (C=O) groups is 1. The van der Waals surface area contributed by atoms with Gasteiger partial charge >= 0.3 is 0 Å². The lowest BCUT2D eigenvalue weighted by Gasteiger charge is -2.09. The molecule has 1 aromatic heterocycles. The van der Waals surface area contributed by atoms with Crippen LogP contribution >= 0.6 is 22.9 Å². The van der Waals surface area contributed by atoms with Crippen LogP contribution in [0.4, 0.5) is 0 Å². The second-order valence-electron chi connectivity index (χ2n) is 3.36. The van der Waals surface area contributed by atoms with E-state index >= 15 is 0 Å². The van der Waals surface area contributed by atoms with Crippen molar-refractivity contribution in [1.29, 1.82) is 0 Å². The van der Waals surface area contributed by atoms with Crippen molar-refractivity contribution in [2.45, 2.75) is 33.1 Å². The van der Waals surface area contributed by atoms with E-state index in [-0.39, 0.29) is 5.92 Å². The number of thiophene rings is 1. The third-order valence-electron chi connectivity index (χ3n) is 2.42. The summed E-state index contributed by atoms with van der Waals surface area (Å²) in [6, 6.07) is 3.79. The molecule has 1 rings (SSSR count). The van der Waals surface area contributed by atoms with E-state index in [1.807, 2.05) is 12.1 Å². The maximum atomic E-state index is 11.7. The van der Waals surface area contributed by atoms with Gasteiger partial charge in [-0.2, -0.15) is 0 Å². The van der Waals surface area contributed by atoms with Crippen molar-refractivity contribution >= 4 is 28.7 Å². The fourth-order valence-corrected chi connectivity index (χ4v) is 2.60. The van der Waals surface area contributed by atoms with E-state index in [0.29, 0.717) is 12.2 Å². The smallest absolute Gasteiger partial charge is 0.141 e. The number of ketones is 1. The molecule has 0 bridgehead atoms. The van der Waals surface area contributed by atoms with Crippen molar-refractivity contribution in [3.05, 3.63) is 21.3 Å². The Morgan fingerprint density at radius 3 is 2.50 bits per heavy atom. The highest BCUT2D eigenvalue weighted by Crippen LogP contribution is 2.23. The van der Waals surface area contributed by atoms with Gasteiger partial charge in [-0.3, -0.25) is 4.79 Å². The maximum absolute atomic E-state index is 11.7. The summed E-state index contributed by atoms with van der Waals surface area (Å²) in [5.74, 6) is 0.560. The first-order valence-electron chi connectivity index (χ1n) is 4.94. The molecule has 0 atom stereocenters. The van der Waals surface area contributed by atoms with Gasteiger partial charge in [-0.05, 0) is 25.0 Å². The molecule has 0 amide bonds. The van der Waals surface area contributed by atoms with E-state index in [9.17, 15) is 4.79 Å². The Morgan fingerprint density at radius 2 is 2.07 bits per heavy atom. The van der Waals surface area contributed by atoms with Crippen LogP contribution in [0.2, 0.25) is 4.34 Å². The van der Waals surface area contributed by atoms with E-state index in [1.54, 1.807) is 0 Å². The minimum Gasteiger partial charge on any atom is -0.299 e. The van der Waals surface area contributed by atoms with E-state index in [0.717, 1.165) is 22.1 Å². The third-order valence-corrected chi connectivity index (χ3v) is 3.65. The summed E-state index contributed by atoms with van der Waals surface area (Å²) in [5.41, 5.74) is 0. The van der Waals surface area contributed by atoms with Gasteiger partial charge in [0.15, 0.2) is 0 Å². The third kappa shape index (κ3) is 3.10. The Kier molecular flexibility index (Phi) is 4.63. The molecule has 14 heavy (non-hydrogen) atoms. The van der Waals surface area contributed by atoms with E-state index in [4.69, 9.17) is 11.6 Å². The molecule has 1 aromatic rings. The highest BCUT2D eigenvalue weighted by Gasteiger charge is 2.15. The van der Waals surface area contributed by atoms with Crippen molar-refractivity contribution in [3.63, 3.8) is 0 Å². The van der Waals surface area contributed by atoms with Gasteiger partial charge in [-0.1, -0.05) is 25.4 Å². The Morgan fingerprint density at radius 1 is 1.43 bits per heavy atom. The van der Waals surface area contributed by atoms with Crippen LogP contribution in [0.15, 0.2) is 12.1 Å². The van der Waals surface area contributed by atoms with Crippen LogP contribution < -0.4 is 0 Å². The maximum Gasteiger partial charge on any atom is 0.141 e. The van der Waals surface area contributed by atoms with Crippen molar-refractivity contribution in [1.82, 2.24) is 0 Å². The van der Waals surface area contributed by atoms with Crippen LogP contribution in [-0.2, 0) is 11.2 Å². The number of rotatable bonds is 5. The molecular formula is C11H15ClOS. The zero-order valence-electron chi connectivity index (χ0n) is 8.55. The van der Waals surface area contributed by atoms with Gasteiger partial charge in [0.2, 0.25) is 0 Å². The molecule has 1 heterocycles. The fraction of sp³-hybridized carbons (Fsp3) is 0.545. The van der Waals surface area contributed by atoms with Gasteiger partial charge in [0, 0.05) is 17.2 Å². The van der Waals surface area contributed by atoms with Gasteiger partial charge in [0.25, 0.3) is 0 Å². The van der Waals surface area contributed by atoms with Crippen molar-refractivity contribution < 1.29 is 4.79 Å². The highest BCUT2D eigenvalue weighted by molar-refractivity contribution is 7.16. The first-order chi connectivity index (χ1) is 6.67. The van der Waals surface area contributed by atoms with E-state index in [2.05, 4.69) is 13.8 Å². The molecule has 0 aliphatic heterocycles. The fourth-order valence-electron chi connectivity index (χ4n) is 1.51. The molecular weight excluding hydrogens is 216 g/mol. The van der Waals surface area contributed by atoms with Crippen LogP contribution in [0, 0.1) is 5.92 Å². The molecule has 0 aliphatic carbocycles. The predicted molar refractivity (Wildman–Crippen MR) is 62.1 cm³/mol. The van der Waals surface area contributed by atoms with Crippen LogP contribution in [0.1, 0.15) is 31.6 Å². The molecule has 3 heteroatoms. The Labute approximate surface area is 94.1 Å². The molecule has 0 saturated heterocycles. The van der Waals surface area contributed by atoms with Crippen LogP contribution in [0.3, 0.4) is 0 Å². The minimum absolute atomic E-state index is 0.218. The summed E-state index contributed by atoms with van der Waals surface area (Å²) in [7, 11) is 0. The molecule has 0 saturated carbocycles. The SMILES string of the molecule is CCC(CC)C(=O)Cc1ccc(Cl)s1. The predicted octanol–water partition coefficient (Wildman–Crippen LogP) is 3.95. The van der Waals surface area contributed by atoms with Gasteiger partial charge < -0.3 is 0 Å². The lowest BCUT2D eigenvalue weighted by molar-refractivity contribution is -0.122. The zero-order chi connectivity index (χ0) is 10.6. The molecule has 0 spiro atoms. The molecule has 0 aliphatic rings. The van der Waals surface area contributed by atoms with E-state index in [1.165, 1.54) is 11.3 Å². The van der Waals surface area contributed by atoms with Gasteiger partial charge in [0.1, 0.15) is 5.78 Å². The monoisotopic (exact) mass is 230 g/mol. The van der Waals surface area contributed by atoms with E-state index < -0.39 is 0 Å². The molecule has 0 unspecified atom stereocenters. The standard InChI is InChI=1S/C11H15ClOS/c1-3-8(4-2)10(13)7-9-5-6-11(12)14-9/h5-6,8H,3-4,7H2,1-2H3. The molecule has 0 N–H and O–H groups in total. The summed E-state index contributed by atoms with van der Waals surface area (Å²) < 4.78 is 0.761. The molecule has 1 nitrogen and oxygen atoms in total. The Hall–Kier alpha value is -0.340. The average Bonchev–Trinajstić information content (AvgIpc) is 2.53. The van der Waals surface area contributed by atoms with Crippen LogP contribution in [0.25, 0.3) is 0 Å². The quantitative estimate of drug-likeness (QED) is 0.749. The molecule has 0 fully saturated rings.